The number of hydrogen-bond donors (Lipinski definition) is 1. The monoisotopic (exact) mass is 348 g/mol. The van der Waals surface area contributed by atoms with Gasteiger partial charge >= 0.3 is 0 Å². The second-order valence-electron chi connectivity index (χ2n) is 6.26. The molecule has 1 aliphatic heterocycles. The molecule has 0 radical (unpaired) electrons. The van der Waals surface area contributed by atoms with Gasteiger partial charge in [0.2, 0.25) is 11.8 Å². The molecule has 6 heteroatoms. The number of ether oxygens (including phenoxy) is 2. The minimum atomic E-state index is -0.0477. The molecular formula is C19H28N2O4. The lowest BCUT2D eigenvalue weighted by Gasteiger charge is -2.23. The number of carbonyl (C=O) groups excluding carboxylic acids is 2. The van der Waals surface area contributed by atoms with Crippen molar-refractivity contribution in [2.75, 3.05) is 33.4 Å². The summed E-state index contributed by atoms with van der Waals surface area (Å²) in [4.78, 5) is 25.5. The summed E-state index contributed by atoms with van der Waals surface area (Å²) in [6.45, 7) is 3.85. The average Bonchev–Trinajstić information content (AvgIpc) is 3.12. The third-order valence-electron chi connectivity index (χ3n) is 4.41. The molecule has 1 fully saturated rings. The molecule has 1 N–H and O–H groups in total. The van der Waals surface area contributed by atoms with Crippen molar-refractivity contribution in [1.29, 1.82) is 0 Å². The molecule has 1 unspecified atom stereocenters. The van der Waals surface area contributed by atoms with E-state index in [0.29, 0.717) is 32.5 Å². The Morgan fingerprint density at radius 3 is 2.84 bits per heavy atom. The van der Waals surface area contributed by atoms with E-state index in [1.165, 1.54) is 6.92 Å². The van der Waals surface area contributed by atoms with Crippen molar-refractivity contribution in [2.45, 2.75) is 38.7 Å². The highest BCUT2D eigenvalue weighted by Gasteiger charge is 2.21. The molecule has 1 aliphatic rings. The molecule has 1 aromatic carbocycles. The van der Waals surface area contributed by atoms with Crippen molar-refractivity contribution in [3.05, 3.63) is 29.8 Å². The topological polar surface area (TPSA) is 67.9 Å². The van der Waals surface area contributed by atoms with Gasteiger partial charge in [-0.2, -0.15) is 0 Å². The van der Waals surface area contributed by atoms with E-state index in [1.807, 2.05) is 24.3 Å². The first-order valence-corrected chi connectivity index (χ1v) is 8.86. The van der Waals surface area contributed by atoms with Crippen molar-refractivity contribution in [3.63, 3.8) is 0 Å². The van der Waals surface area contributed by atoms with Crippen LogP contribution in [0.4, 0.5) is 0 Å². The predicted octanol–water partition coefficient (Wildman–Crippen LogP) is 1.77. The van der Waals surface area contributed by atoms with Crippen LogP contribution in [0.25, 0.3) is 0 Å². The van der Waals surface area contributed by atoms with Crippen LogP contribution in [0, 0.1) is 0 Å². The molecule has 0 saturated carbocycles. The van der Waals surface area contributed by atoms with Crippen LogP contribution in [0.3, 0.4) is 0 Å². The molecule has 0 bridgehead atoms. The molecule has 1 aromatic rings. The molecule has 1 heterocycles. The number of hydrogen-bond acceptors (Lipinski definition) is 4. The largest absolute Gasteiger partial charge is 0.496 e. The Hall–Kier alpha value is -2.08. The van der Waals surface area contributed by atoms with Crippen LogP contribution in [0.2, 0.25) is 0 Å². The van der Waals surface area contributed by atoms with Gasteiger partial charge in [0.05, 0.1) is 13.2 Å². The first-order chi connectivity index (χ1) is 12.1. The van der Waals surface area contributed by atoms with Crippen molar-refractivity contribution in [1.82, 2.24) is 10.2 Å². The fraction of sp³-hybridized carbons (Fsp3) is 0.579. The van der Waals surface area contributed by atoms with Crippen molar-refractivity contribution < 1.29 is 19.1 Å². The third kappa shape index (κ3) is 6.38. The Labute approximate surface area is 149 Å². The van der Waals surface area contributed by atoms with E-state index in [1.54, 1.807) is 12.0 Å². The first-order valence-electron chi connectivity index (χ1n) is 8.86. The van der Waals surface area contributed by atoms with E-state index in [4.69, 9.17) is 9.47 Å². The number of carbonyl (C=O) groups is 2. The molecule has 6 nitrogen and oxygen atoms in total. The second-order valence-corrected chi connectivity index (χ2v) is 6.26. The van der Waals surface area contributed by atoms with Crippen molar-refractivity contribution in [2.24, 2.45) is 0 Å². The molecule has 138 valence electrons. The summed E-state index contributed by atoms with van der Waals surface area (Å²) >= 11 is 0. The van der Waals surface area contributed by atoms with Gasteiger partial charge in [-0.3, -0.25) is 9.59 Å². The predicted molar refractivity (Wildman–Crippen MR) is 95.6 cm³/mol. The number of amides is 2. The van der Waals surface area contributed by atoms with E-state index >= 15 is 0 Å². The Bertz CT molecular complexity index is 570. The number of nitrogens with one attached hydrogen (secondary N) is 1. The minimum absolute atomic E-state index is 0.0164. The molecular weight excluding hydrogens is 320 g/mol. The summed E-state index contributed by atoms with van der Waals surface area (Å²) in [7, 11) is 1.64. The average molecular weight is 348 g/mol. The Balaban J connectivity index is 1.70. The van der Waals surface area contributed by atoms with Crippen LogP contribution >= 0.6 is 0 Å². The van der Waals surface area contributed by atoms with Gasteiger partial charge in [0.25, 0.3) is 0 Å². The summed E-state index contributed by atoms with van der Waals surface area (Å²) in [5.41, 5.74) is 1.06. The SMILES string of the molecule is COc1ccccc1CCNC(=O)CCN(CC1CCCO1)C(C)=O. The highest BCUT2D eigenvalue weighted by molar-refractivity contribution is 5.78. The van der Waals surface area contributed by atoms with Gasteiger partial charge in [0.1, 0.15) is 5.75 Å². The Morgan fingerprint density at radius 1 is 1.36 bits per heavy atom. The number of methoxy groups -OCH3 is 1. The molecule has 0 spiro atoms. The van der Waals surface area contributed by atoms with Crippen LogP contribution in [0.15, 0.2) is 24.3 Å². The highest BCUT2D eigenvalue weighted by atomic mass is 16.5. The smallest absolute Gasteiger partial charge is 0.221 e. The minimum Gasteiger partial charge on any atom is -0.496 e. The van der Waals surface area contributed by atoms with Gasteiger partial charge in [-0.25, -0.2) is 0 Å². The van der Waals surface area contributed by atoms with Crippen molar-refractivity contribution >= 4 is 11.8 Å². The summed E-state index contributed by atoms with van der Waals surface area (Å²) in [6.07, 6.45) is 3.15. The number of para-hydroxylation sites is 1. The zero-order chi connectivity index (χ0) is 18.1. The van der Waals surface area contributed by atoms with E-state index in [-0.39, 0.29) is 17.9 Å². The van der Waals surface area contributed by atoms with Crippen LogP contribution in [0.1, 0.15) is 31.7 Å². The first kappa shape index (κ1) is 19.2. The zero-order valence-corrected chi connectivity index (χ0v) is 15.1. The molecule has 25 heavy (non-hydrogen) atoms. The lowest BCUT2D eigenvalue weighted by molar-refractivity contribution is -0.131. The fourth-order valence-corrected chi connectivity index (χ4v) is 2.98. The van der Waals surface area contributed by atoms with E-state index in [0.717, 1.165) is 30.8 Å². The van der Waals surface area contributed by atoms with Gasteiger partial charge < -0.3 is 19.7 Å². The molecule has 0 aromatic heterocycles. The van der Waals surface area contributed by atoms with Gasteiger partial charge in [-0.15, -0.1) is 0 Å². The van der Waals surface area contributed by atoms with Crippen LogP contribution in [0.5, 0.6) is 5.75 Å². The van der Waals surface area contributed by atoms with E-state index in [2.05, 4.69) is 5.32 Å². The van der Waals surface area contributed by atoms with Crippen LogP contribution in [-0.2, 0) is 20.7 Å². The molecule has 1 atom stereocenters. The summed E-state index contributed by atoms with van der Waals surface area (Å²) in [6, 6.07) is 7.78. The standard InChI is InChI=1S/C19H28N2O4/c1-15(22)21(14-17-7-5-13-25-17)12-10-19(23)20-11-9-16-6-3-4-8-18(16)24-2/h3-4,6,8,17H,5,7,9-14H2,1-2H3,(H,20,23). The van der Waals surface area contributed by atoms with Gasteiger partial charge in [0.15, 0.2) is 0 Å². The molecule has 1 saturated heterocycles. The summed E-state index contributed by atoms with van der Waals surface area (Å²) < 4.78 is 10.9. The van der Waals surface area contributed by atoms with Crippen LogP contribution in [-0.4, -0.2) is 56.2 Å². The second kappa shape index (κ2) is 10.0. The highest BCUT2D eigenvalue weighted by Crippen LogP contribution is 2.17. The van der Waals surface area contributed by atoms with Crippen LogP contribution < -0.4 is 10.1 Å². The van der Waals surface area contributed by atoms with Gasteiger partial charge in [0, 0.05) is 39.6 Å². The molecule has 2 amide bonds. The maximum absolute atomic E-state index is 12.0. The number of nitrogens with zero attached hydrogens (tertiary/aromatic N) is 1. The van der Waals surface area contributed by atoms with E-state index < -0.39 is 0 Å². The molecule has 0 aliphatic carbocycles. The summed E-state index contributed by atoms with van der Waals surface area (Å²) in [5, 5.41) is 2.91. The van der Waals surface area contributed by atoms with E-state index in [9.17, 15) is 9.59 Å². The molecule has 2 rings (SSSR count). The normalized spacial score (nSPS) is 16.5. The quantitative estimate of drug-likeness (QED) is 0.739. The number of benzene rings is 1. The summed E-state index contributed by atoms with van der Waals surface area (Å²) in [5.74, 6) is 0.766. The lowest BCUT2D eigenvalue weighted by atomic mass is 10.1. The Kier molecular flexibility index (Phi) is 7.73. The lowest BCUT2D eigenvalue weighted by Crippen LogP contribution is -2.38. The zero-order valence-electron chi connectivity index (χ0n) is 15.1. The number of rotatable bonds is 9. The van der Waals surface area contributed by atoms with Gasteiger partial charge in [-0.05, 0) is 30.9 Å². The fourth-order valence-electron chi connectivity index (χ4n) is 2.98. The maximum atomic E-state index is 12.0. The Morgan fingerprint density at radius 2 is 2.16 bits per heavy atom. The van der Waals surface area contributed by atoms with Crippen molar-refractivity contribution in [3.8, 4) is 5.75 Å². The maximum Gasteiger partial charge on any atom is 0.221 e. The van der Waals surface area contributed by atoms with Gasteiger partial charge in [-0.1, -0.05) is 18.2 Å². The third-order valence-corrected chi connectivity index (χ3v) is 4.41.